The van der Waals surface area contributed by atoms with Gasteiger partial charge < -0.3 is 15.0 Å². The van der Waals surface area contributed by atoms with Gasteiger partial charge in [-0.1, -0.05) is 23.5 Å². The maximum atomic E-state index is 12.3. The predicted molar refractivity (Wildman–Crippen MR) is 110 cm³/mol. The van der Waals surface area contributed by atoms with Crippen LogP contribution >= 0.6 is 11.3 Å². The normalized spacial score (nSPS) is 15.1. The number of hydrogen-bond donors (Lipinski definition) is 1. The van der Waals surface area contributed by atoms with E-state index in [2.05, 4.69) is 20.3 Å². The quantitative estimate of drug-likeness (QED) is 0.681. The van der Waals surface area contributed by atoms with Crippen molar-refractivity contribution in [3.05, 3.63) is 36.0 Å². The number of amides is 1. The van der Waals surface area contributed by atoms with E-state index in [-0.39, 0.29) is 5.91 Å². The third kappa shape index (κ3) is 4.01. The molecule has 3 aromatic rings. The van der Waals surface area contributed by atoms with Gasteiger partial charge in [-0.2, -0.15) is 0 Å². The van der Waals surface area contributed by atoms with E-state index >= 15 is 0 Å². The lowest BCUT2D eigenvalue weighted by atomic mass is 10.1. The average molecular weight is 401 g/mol. The minimum absolute atomic E-state index is 0.0219. The zero-order chi connectivity index (χ0) is 19.5. The highest BCUT2D eigenvalue weighted by Gasteiger charge is 2.15. The number of anilines is 1. The fourth-order valence-corrected chi connectivity index (χ4v) is 3.98. The molecule has 1 aliphatic heterocycles. The van der Waals surface area contributed by atoms with Crippen LogP contribution in [0.3, 0.4) is 0 Å². The van der Waals surface area contributed by atoms with Crippen LogP contribution in [0.4, 0.5) is 5.13 Å². The van der Waals surface area contributed by atoms with E-state index < -0.39 is 0 Å². The first-order valence-electron chi connectivity index (χ1n) is 9.32. The van der Waals surface area contributed by atoms with Gasteiger partial charge in [0.05, 0.1) is 25.1 Å². The van der Waals surface area contributed by atoms with Crippen molar-refractivity contribution in [3.8, 4) is 11.3 Å². The maximum Gasteiger partial charge on any atom is 0.253 e. The summed E-state index contributed by atoms with van der Waals surface area (Å²) < 4.78 is 7.21. The lowest BCUT2D eigenvalue weighted by Crippen LogP contribution is -2.39. The van der Waals surface area contributed by atoms with Gasteiger partial charge in [0.25, 0.3) is 5.91 Å². The molecule has 0 unspecified atom stereocenters. The van der Waals surface area contributed by atoms with E-state index in [1.165, 1.54) is 11.3 Å². The summed E-state index contributed by atoms with van der Waals surface area (Å²) in [6, 6.07) is 7.57. The first-order chi connectivity index (χ1) is 13.6. The standard InChI is InChI=1S/C19H24N6O2S/c1-23(2)17(26)15-5-3-4-14(12-15)16-13-21-19-25(16)22-18(28-19)20-6-7-24-8-10-27-11-9-24/h3-5,12-13H,6-11H2,1-2H3,(H,20,22). The number of ether oxygens (including phenoxy) is 1. The van der Waals surface area contributed by atoms with Gasteiger partial charge in [-0.15, -0.1) is 5.10 Å². The van der Waals surface area contributed by atoms with Crippen molar-refractivity contribution >= 4 is 27.3 Å². The van der Waals surface area contributed by atoms with Crippen molar-refractivity contribution in [3.63, 3.8) is 0 Å². The Bertz CT molecular complexity index is 960. The van der Waals surface area contributed by atoms with Gasteiger partial charge in [0.1, 0.15) is 0 Å². The van der Waals surface area contributed by atoms with Crippen molar-refractivity contribution in [1.82, 2.24) is 24.4 Å². The SMILES string of the molecule is CN(C)C(=O)c1cccc(-c2cnc3sc(NCCN4CCOCC4)nn23)c1. The van der Waals surface area contributed by atoms with Gasteiger partial charge in [-0.25, -0.2) is 9.50 Å². The number of benzene rings is 1. The van der Waals surface area contributed by atoms with Crippen molar-refractivity contribution in [1.29, 1.82) is 0 Å². The fraction of sp³-hybridized carbons (Fsp3) is 0.421. The van der Waals surface area contributed by atoms with E-state index in [4.69, 9.17) is 4.74 Å². The average Bonchev–Trinajstić information content (AvgIpc) is 3.28. The molecule has 3 heterocycles. The van der Waals surface area contributed by atoms with Gasteiger partial charge in [0, 0.05) is 51.4 Å². The number of carbonyl (C=O) groups is 1. The Morgan fingerprint density at radius 1 is 1.32 bits per heavy atom. The molecule has 0 radical (unpaired) electrons. The molecule has 8 nitrogen and oxygen atoms in total. The second-order valence-electron chi connectivity index (χ2n) is 6.91. The second kappa shape index (κ2) is 8.26. The summed E-state index contributed by atoms with van der Waals surface area (Å²) in [7, 11) is 3.50. The summed E-state index contributed by atoms with van der Waals surface area (Å²) in [5.74, 6) is -0.0219. The molecule has 1 fully saturated rings. The maximum absolute atomic E-state index is 12.3. The topological polar surface area (TPSA) is 75.0 Å². The first kappa shape index (κ1) is 18.9. The monoisotopic (exact) mass is 400 g/mol. The zero-order valence-corrected chi connectivity index (χ0v) is 16.9. The van der Waals surface area contributed by atoms with Gasteiger partial charge in [0.15, 0.2) is 0 Å². The largest absolute Gasteiger partial charge is 0.379 e. The Morgan fingerprint density at radius 3 is 2.93 bits per heavy atom. The fourth-order valence-electron chi connectivity index (χ4n) is 3.18. The summed E-state index contributed by atoms with van der Waals surface area (Å²) in [6.45, 7) is 5.38. The predicted octanol–water partition coefficient (Wildman–Crippen LogP) is 1.90. The van der Waals surface area contributed by atoms with Gasteiger partial charge in [0.2, 0.25) is 10.1 Å². The van der Waals surface area contributed by atoms with E-state index in [1.807, 2.05) is 28.8 Å². The minimum Gasteiger partial charge on any atom is -0.379 e. The molecular formula is C19H24N6O2S. The molecule has 1 aromatic carbocycles. The van der Waals surface area contributed by atoms with Crippen LogP contribution in [-0.2, 0) is 4.74 Å². The van der Waals surface area contributed by atoms with E-state index in [9.17, 15) is 4.79 Å². The highest BCUT2D eigenvalue weighted by molar-refractivity contribution is 7.20. The Kier molecular flexibility index (Phi) is 5.56. The molecule has 2 aromatic heterocycles. The van der Waals surface area contributed by atoms with Gasteiger partial charge in [-0.3, -0.25) is 9.69 Å². The molecule has 4 rings (SSSR count). The lowest BCUT2D eigenvalue weighted by molar-refractivity contribution is 0.0398. The van der Waals surface area contributed by atoms with Gasteiger partial charge >= 0.3 is 0 Å². The van der Waals surface area contributed by atoms with Crippen LogP contribution in [0.5, 0.6) is 0 Å². The van der Waals surface area contributed by atoms with E-state index in [0.29, 0.717) is 5.56 Å². The number of imidazole rings is 1. The van der Waals surface area contributed by atoms with Crippen LogP contribution in [0, 0.1) is 0 Å². The Labute approximate surface area is 167 Å². The summed E-state index contributed by atoms with van der Waals surface area (Å²) in [5, 5.41) is 8.90. The molecular weight excluding hydrogens is 376 g/mol. The van der Waals surface area contributed by atoms with Crippen LogP contribution in [-0.4, -0.2) is 83.8 Å². The highest BCUT2D eigenvalue weighted by Crippen LogP contribution is 2.26. The lowest BCUT2D eigenvalue weighted by Gasteiger charge is -2.26. The number of rotatable bonds is 6. The smallest absolute Gasteiger partial charge is 0.253 e. The molecule has 28 heavy (non-hydrogen) atoms. The van der Waals surface area contributed by atoms with E-state index in [1.54, 1.807) is 25.2 Å². The van der Waals surface area contributed by atoms with Crippen molar-refractivity contribution in [2.24, 2.45) is 0 Å². The number of nitrogens with one attached hydrogen (secondary N) is 1. The summed E-state index contributed by atoms with van der Waals surface area (Å²) in [6.07, 6.45) is 1.80. The summed E-state index contributed by atoms with van der Waals surface area (Å²) in [5.41, 5.74) is 2.45. The number of morpholine rings is 1. The van der Waals surface area contributed by atoms with Crippen molar-refractivity contribution < 1.29 is 9.53 Å². The Hall–Kier alpha value is -2.49. The van der Waals surface area contributed by atoms with Gasteiger partial charge in [-0.05, 0) is 12.1 Å². The molecule has 0 atom stereocenters. The Morgan fingerprint density at radius 2 is 2.14 bits per heavy atom. The highest BCUT2D eigenvalue weighted by atomic mass is 32.1. The van der Waals surface area contributed by atoms with Crippen LogP contribution in [0.2, 0.25) is 0 Å². The molecule has 0 aliphatic carbocycles. The number of hydrogen-bond acceptors (Lipinski definition) is 7. The number of nitrogens with zero attached hydrogens (tertiary/aromatic N) is 5. The summed E-state index contributed by atoms with van der Waals surface area (Å²) >= 11 is 1.53. The molecule has 0 spiro atoms. The third-order valence-electron chi connectivity index (χ3n) is 4.70. The second-order valence-corrected chi connectivity index (χ2v) is 7.86. The van der Waals surface area contributed by atoms with Crippen molar-refractivity contribution in [2.45, 2.75) is 0 Å². The number of aromatic nitrogens is 3. The first-order valence-corrected chi connectivity index (χ1v) is 10.1. The third-order valence-corrected chi connectivity index (χ3v) is 5.59. The van der Waals surface area contributed by atoms with Crippen LogP contribution < -0.4 is 5.32 Å². The molecule has 148 valence electrons. The van der Waals surface area contributed by atoms with Crippen LogP contribution in [0.1, 0.15) is 10.4 Å². The number of carbonyl (C=O) groups excluding carboxylic acids is 1. The minimum atomic E-state index is -0.0219. The number of fused-ring (bicyclic) bond motifs is 1. The summed E-state index contributed by atoms with van der Waals surface area (Å²) in [4.78, 5) is 21.5. The molecule has 1 N–H and O–H groups in total. The Balaban J connectivity index is 1.48. The zero-order valence-electron chi connectivity index (χ0n) is 16.1. The molecule has 1 saturated heterocycles. The van der Waals surface area contributed by atoms with Crippen LogP contribution in [0.15, 0.2) is 30.5 Å². The van der Waals surface area contributed by atoms with E-state index in [0.717, 1.165) is 60.7 Å². The molecule has 1 amide bonds. The molecule has 0 saturated carbocycles. The molecule has 0 bridgehead atoms. The van der Waals surface area contributed by atoms with Crippen molar-refractivity contribution in [2.75, 3.05) is 58.8 Å². The molecule has 1 aliphatic rings. The molecule has 9 heteroatoms. The van der Waals surface area contributed by atoms with Crippen LogP contribution in [0.25, 0.3) is 16.2 Å².